The lowest BCUT2D eigenvalue weighted by Gasteiger charge is -2.32. The Labute approximate surface area is 218 Å². The van der Waals surface area contributed by atoms with Gasteiger partial charge in [-0.15, -0.1) is 0 Å². The molecule has 1 aliphatic heterocycles. The first kappa shape index (κ1) is 25.4. The summed E-state index contributed by atoms with van der Waals surface area (Å²) in [5.74, 6) is -2.12. The lowest BCUT2D eigenvalue weighted by atomic mass is 9.96. The Morgan fingerprint density at radius 2 is 1.56 bits per heavy atom. The Bertz CT molecular complexity index is 1290. The minimum Gasteiger partial charge on any atom is -0.511 e. The van der Waals surface area contributed by atoms with Gasteiger partial charge in [-0.05, 0) is 34.4 Å². The van der Waals surface area contributed by atoms with Gasteiger partial charge in [0.15, 0.2) is 5.78 Å². The molecule has 3 aromatic rings. The van der Waals surface area contributed by atoms with Crippen LogP contribution in [-0.2, 0) is 27.3 Å². The molecule has 0 radical (unpaired) electrons. The second-order valence-corrected chi connectivity index (χ2v) is 9.85. The topological polar surface area (TPSA) is 86.7 Å². The third-order valence-electron chi connectivity index (χ3n) is 6.14. The fourth-order valence-electron chi connectivity index (χ4n) is 4.18. The van der Waals surface area contributed by atoms with Crippen molar-refractivity contribution in [2.75, 3.05) is 13.1 Å². The van der Waals surface area contributed by atoms with Gasteiger partial charge in [0.1, 0.15) is 11.3 Å². The number of aliphatic hydroxyl groups excluding tert-OH is 1. The summed E-state index contributed by atoms with van der Waals surface area (Å²) >= 11 is 3.35. The summed E-state index contributed by atoms with van der Waals surface area (Å²) in [5.41, 5.74) is 3.62. The minimum atomic E-state index is -0.738. The number of rotatable bonds is 8. The van der Waals surface area contributed by atoms with Crippen molar-refractivity contribution in [1.29, 1.82) is 0 Å². The van der Waals surface area contributed by atoms with Crippen LogP contribution in [0.5, 0.6) is 0 Å². The first-order chi connectivity index (χ1) is 17.3. The van der Waals surface area contributed by atoms with E-state index in [2.05, 4.69) is 21.2 Å². The fourth-order valence-corrected chi connectivity index (χ4v) is 4.44. The normalized spacial score (nSPS) is 15.7. The summed E-state index contributed by atoms with van der Waals surface area (Å²) in [6, 6.07) is 25.3. The maximum absolute atomic E-state index is 13.1. The van der Waals surface area contributed by atoms with Crippen LogP contribution in [0.15, 0.2) is 94.7 Å². The summed E-state index contributed by atoms with van der Waals surface area (Å²) < 4.78 is 0.913. The number of nitrogens with zero attached hydrogens (tertiary/aromatic N) is 1. The Kier molecular flexibility index (Phi) is 8.00. The lowest BCUT2D eigenvalue weighted by molar-refractivity contribution is -0.133. The molecule has 0 aliphatic carbocycles. The highest BCUT2D eigenvalue weighted by Gasteiger charge is 2.35. The van der Waals surface area contributed by atoms with Crippen molar-refractivity contribution in [3.05, 3.63) is 106 Å². The number of halogens is 1. The van der Waals surface area contributed by atoms with Gasteiger partial charge in [-0.25, -0.2) is 0 Å². The molecule has 1 heterocycles. The monoisotopic (exact) mass is 546 g/mol. The molecule has 0 fully saturated rings. The van der Waals surface area contributed by atoms with Crippen LogP contribution in [-0.4, -0.2) is 40.7 Å². The first-order valence-electron chi connectivity index (χ1n) is 11.7. The molecule has 1 atom stereocenters. The van der Waals surface area contributed by atoms with Gasteiger partial charge in [0, 0.05) is 29.9 Å². The summed E-state index contributed by atoms with van der Waals surface area (Å²) in [7, 11) is 0. The van der Waals surface area contributed by atoms with E-state index in [9.17, 15) is 19.5 Å². The quantitative estimate of drug-likeness (QED) is 0.396. The molecule has 2 amide bonds. The van der Waals surface area contributed by atoms with Gasteiger partial charge >= 0.3 is 0 Å². The predicted molar refractivity (Wildman–Crippen MR) is 142 cm³/mol. The molecule has 0 unspecified atom stereocenters. The Morgan fingerprint density at radius 1 is 0.944 bits per heavy atom. The highest BCUT2D eigenvalue weighted by Crippen LogP contribution is 2.25. The van der Waals surface area contributed by atoms with Gasteiger partial charge in [0.25, 0.3) is 11.8 Å². The van der Waals surface area contributed by atoms with E-state index >= 15 is 0 Å². The molecule has 0 saturated heterocycles. The maximum Gasteiger partial charge on any atom is 0.263 e. The van der Waals surface area contributed by atoms with Crippen LogP contribution < -0.4 is 5.32 Å². The van der Waals surface area contributed by atoms with Crippen molar-refractivity contribution in [3.8, 4) is 11.1 Å². The molecular weight excluding hydrogens is 520 g/mol. The number of hydrogen-bond acceptors (Lipinski definition) is 4. The molecule has 3 aromatic carbocycles. The molecule has 0 aromatic heterocycles. The van der Waals surface area contributed by atoms with Crippen LogP contribution in [0.1, 0.15) is 18.1 Å². The van der Waals surface area contributed by atoms with Gasteiger partial charge in [-0.3, -0.25) is 14.4 Å². The van der Waals surface area contributed by atoms with Gasteiger partial charge < -0.3 is 15.3 Å². The standard InChI is InChI=1S/C29H27BrN2O4/c1-19-17-32(18-21-7-11-23(12-8-21)22-5-3-2-4-6-22)29(36)26(27(19)34)28(35)31-16-25(33)15-20-9-13-24(30)14-10-20/h2-14,19,34H,15-18H2,1H3,(H,31,35)/t19-/m0/s1. The lowest BCUT2D eigenvalue weighted by Crippen LogP contribution is -2.45. The molecule has 7 heteroatoms. The number of amides is 2. The van der Waals surface area contributed by atoms with Crippen LogP contribution >= 0.6 is 15.9 Å². The Morgan fingerprint density at radius 3 is 2.22 bits per heavy atom. The smallest absolute Gasteiger partial charge is 0.263 e. The number of ketones is 1. The van der Waals surface area contributed by atoms with Gasteiger partial charge in [0.2, 0.25) is 0 Å². The van der Waals surface area contributed by atoms with E-state index in [-0.39, 0.29) is 30.1 Å². The molecule has 0 saturated carbocycles. The van der Waals surface area contributed by atoms with Gasteiger partial charge in [0.05, 0.1) is 6.54 Å². The Balaban J connectivity index is 1.39. The van der Waals surface area contributed by atoms with E-state index in [1.165, 1.54) is 0 Å². The van der Waals surface area contributed by atoms with Crippen LogP contribution in [0.4, 0.5) is 0 Å². The summed E-state index contributed by atoms with van der Waals surface area (Å²) in [4.78, 5) is 39.9. The highest BCUT2D eigenvalue weighted by molar-refractivity contribution is 9.10. The van der Waals surface area contributed by atoms with Crippen molar-refractivity contribution in [2.24, 2.45) is 5.92 Å². The van der Waals surface area contributed by atoms with Gasteiger partial charge in [-0.1, -0.05) is 89.6 Å². The highest BCUT2D eigenvalue weighted by atomic mass is 79.9. The number of nitrogens with one attached hydrogen (secondary N) is 1. The number of aliphatic hydroxyl groups is 1. The van der Waals surface area contributed by atoms with E-state index in [0.717, 1.165) is 26.7 Å². The second kappa shape index (κ2) is 11.4. The zero-order chi connectivity index (χ0) is 25.7. The van der Waals surface area contributed by atoms with E-state index in [1.54, 1.807) is 11.8 Å². The summed E-state index contributed by atoms with van der Waals surface area (Å²) in [6.45, 7) is 2.14. The molecule has 184 valence electrons. The molecule has 1 aliphatic rings. The second-order valence-electron chi connectivity index (χ2n) is 8.93. The van der Waals surface area contributed by atoms with E-state index in [1.807, 2.05) is 78.9 Å². The summed E-state index contributed by atoms with van der Waals surface area (Å²) in [5, 5.41) is 13.0. The van der Waals surface area contributed by atoms with Crippen molar-refractivity contribution in [1.82, 2.24) is 10.2 Å². The third kappa shape index (κ3) is 6.10. The largest absolute Gasteiger partial charge is 0.511 e. The third-order valence-corrected chi connectivity index (χ3v) is 6.67. The van der Waals surface area contributed by atoms with Crippen molar-refractivity contribution < 1.29 is 19.5 Å². The SMILES string of the molecule is C[C@H]1CN(Cc2ccc(-c3ccccc3)cc2)C(=O)C(C(=O)NCC(=O)Cc2ccc(Br)cc2)=C1O. The number of benzene rings is 3. The van der Waals surface area contributed by atoms with E-state index in [4.69, 9.17) is 0 Å². The van der Waals surface area contributed by atoms with Crippen molar-refractivity contribution in [3.63, 3.8) is 0 Å². The van der Waals surface area contributed by atoms with Crippen LogP contribution in [0.25, 0.3) is 11.1 Å². The first-order valence-corrected chi connectivity index (χ1v) is 12.5. The number of carbonyl (C=O) groups is 3. The Hall–Kier alpha value is -3.71. The van der Waals surface area contributed by atoms with E-state index < -0.39 is 17.7 Å². The zero-order valence-corrected chi connectivity index (χ0v) is 21.5. The van der Waals surface area contributed by atoms with Crippen LogP contribution in [0.3, 0.4) is 0 Å². The number of carbonyl (C=O) groups excluding carboxylic acids is 3. The average Bonchev–Trinajstić information content (AvgIpc) is 2.88. The van der Waals surface area contributed by atoms with Gasteiger partial charge in [-0.2, -0.15) is 0 Å². The molecule has 36 heavy (non-hydrogen) atoms. The van der Waals surface area contributed by atoms with Crippen LogP contribution in [0, 0.1) is 5.92 Å². The van der Waals surface area contributed by atoms with Crippen LogP contribution in [0.2, 0.25) is 0 Å². The average molecular weight is 547 g/mol. The maximum atomic E-state index is 13.1. The van der Waals surface area contributed by atoms with Crippen molar-refractivity contribution in [2.45, 2.75) is 19.9 Å². The zero-order valence-electron chi connectivity index (χ0n) is 19.9. The molecule has 2 N–H and O–H groups in total. The van der Waals surface area contributed by atoms with Crippen molar-refractivity contribution >= 4 is 33.5 Å². The molecule has 0 spiro atoms. The fraction of sp³-hybridized carbons (Fsp3) is 0.207. The molecule has 0 bridgehead atoms. The van der Waals surface area contributed by atoms with E-state index in [0.29, 0.717) is 13.1 Å². The predicted octanol–water partition coefficient (Wildman–Crippen LogP) is 4.83. The number of hydrogen-bond donors (Lipinski definition) is 2. The molecular formula is C29H27BrN2O4. The molecule has 4 rings (SSSR count). The summed E-state index contributed by atoms with van der Waals surface area (Å²) in [6.07, 6.45) is 0.161. The minimum absolute atomic E-state index is 0.161. The number of Topliss-reactive ketones (excluding diaryl/α,β-unsaturated/α-hetero) is 1. The molecule has 6 nitrogen and oxygen atoms in total.